The van der Waals surface area contributed by atoms with Gasteiger partial charge in [-0.2, -0.15) is 0 Å². The molecule has 0 aromatic carbocycles. The molecule has 0 atom stereocenters. The van der Waals surface area contributed by atoms with Crippen LogP contribution in [-0.2, 0) is 13.6 Å². The van der Waals surface area contributed by atoms with Crippen molar-refractivity contribution in [2.45, 2.75) is 6.54 Å². The lowest BCUT2D eigenvalue weighted by Crippen LogP contribution is -2.20. The Morgan fingerprint density at radius 1 is 1.42 bits per heavy atom. The predicted molar refractivity (Wildman–Crippen MR) is 71.8 cm³/mol. The number of hydrogen-bond donors (Lipinski definition) is 2. The first-order chi connectivity index (χ1) is 9.10. The largest absolute Gasteiger partial charge is 0.326 e. The molecule has 6 nitrogen and oxygen atoms in total. The second-order valence-corrected chi connectivity index (χ2v) is 4.07. The molecule has 0 aliphatic rings. The average Bonchev–Trinajstić information content (AvgIpc) is 2.42. The molecule has 1 amide bonds. The third-order valence-corrected chi connectivity index (χ3v) is 2.67. The second-order valence-electron chi connectivity index (χ2n) is 4.07. The minimum absolute atomic E-state index is 0.237. The summed E-state index contributed by atoms with van der Waals surface area (Å²) in [6.45, 7) is 0.399. The van der Waals surface area contributed by atoms with Crippen molar-refractivity contribution in [1.29, 1.82) is 0 Å². The number of hydrogen-bond acceptors (Lipinski definition) is 4. The molecule has 2 aromatic heterocycles. The molecule has 2 rings (SSSR count). The van der Waals surface area contributed by atoms with E-state index in [2.05, 4.69) is 10.3 Å². The van der Waals surface area contributed by atoms with Crippen LogP contribution in [-0.4, -0.2) is 15.5 Å². The minimum atomic E-state index is -0.370. The number of aromatic nitrogens is 2. The fourth-order valence-corrected chi connectivity index (χ4v) is 1.50. The van der Waals surface area contributed by atoms with Gasteiger partial charge in [-0.15, -0.1) is 0 Å². The molecule has 0 saturated heterocycles. The van der Waals surface area contributed by atoms with Crippen molar-refractivity contribution in [3.05, 3.63) is 58.1 Å². The average molecular weight is 258 g/mol. The summed E-state index contributed by atoms with van der Waals surface area (Å²) in [6.07, 6.45) is 3.14. The maximum Gasteiger partial charge on any atom is 0.257 e. The summed E-state index contributed by atoms with van der Waals surface area (Å²) in [5, 5.41) is 2.62. The Labute approximate surface area is 109 Å². The number of nitrogens with two attached hydrogens (primary N) is 1. The van der Waals surface area contributed by atoms with E-state index >= 15 is 0 Å². The number of carbonyl (C=O) groups excluding carboxylic acids is 1. The zero-order valence-corrected chi connectivity index (χ0v) is 10.5. The Morgan fingerprint density at radius 3 is 2.79 bits per heavy atom. The van der Waals surface area contributed by atoms with Crippen molar-refractivity contribution in [2.75, 3.05) is 5.32 Å². The number of rotatable bonds is 3. The molecule has 0 fully saturated rings. The molecule has 0 bridgehead atoms. The number of anilines is 1. The van der Waals surface area contributed by atoms with Crippen LogP contribution in [0.5, 0.6) is 0 Å². The highest BCUT2D eigenvalue weighted by Gasteiger charge is 2.07. The number of pyridine rings is 2. The molecular weight excluding hydrogens is 244 g/mol. The first-order valence-corrected chi connectivity index (χ1v) is 5.73. The second kappa shape index (κ2) is 5.45. The van der Waals surface area contributed by atoms with E-state index in [4.69, 9.17) is 5.73 Å². The van der Waals surface area contributed by atoms with E-state index in [0.717, 1.165) is 5.56 Å². The van der Waals surface area contributed by atoms with Crippen molar-refractivity contribution >= 4 is 11.7 Å². The summed E-state index contributed by atoms with van der Waals surface area (Å²) >= 11 is 0. The maximum absolute atomic E-state index is 11.9. The van der Waals surface area contributed by atoms with Crippen molar-refractivity contribution in [3.63, 3.8) is 0 Å². The summed E-state index contributed by atoms with van der Waals surface area (Å²) in [5.41, 5.74) is 6.40. The molecule has 0 aliphatic heterocycles. The third-order valence-electron chi connectivity index (χ3n) is 2.67. The number of amides is 1. The van der Waals surface area contributed by atoms with Gasteiger partial charge in [0.1, 0.15) is 5.82 Å². The summed E-state index contributed by atoms with van der Waals surface area (Å²) in [6, 6.07) is 6.31. The molecule has 6 heteroatoms. The van der Waals surface area contributed by atoms with E-state index in [0.29, 0.717) is 17.9 Å². The Morgan fingerprint density at radius 2 is 2.21 bits per heavy atom. The van der Waals surface area contributed by atoms with Crippen LogP contribution in [0.4, 0.5) is 5.82 Å². The number of carbonyl (C=O) groups is 1. The van der Waals surface area contributed by atoms with E-state index in [1.54, 1.807) is 37.6 Å². The topological polar surface area (TPSA) is 90.0 Å². The van der Waals surface area contributed by atoms with Crippen LogP contribution in [0.2, 0.25) is 0 Å². The molecule has 2 aromatic rings. The number of aryl methyl sites for hydroxylation is 1. The Kier molecular flexibility index (Phi) is 3.72. The standard InChI is InChI=1S/C13H14N4O2/c1-17-5-4-10(6-12(17)18)13(19)16-11-3-2-9(7-14)8-15-11/h2-6,8H,7,14H2,1H3,(H,15,16,19). The fraction of sp³-hybridized carbons (Fsp3) is 0.154. The fourth-order valence-electron chi connectivity index (χ4n) is 1.50. The molecule has 2 heterocycles. The smallest absolute Gasteiger partial charge is 0.257 e. The number of nitrogens with one attached hydrogen (secondary N) is 1. The zero-order valence-electron chi connectivity index (χ0n) is 10.5. The van der Waals surface area contributed by atoms with Gasteiger partial charge in [-0.1, -0.05) is 6.07 Å². The molecular formula is C13H14N4O2. The monoisotopic (exact) mass is 258 g/mol. The van der Waals surface area contributed by atoms with Crippen LogP contribution >= 0.6 is 0 Å². The summed E-state index contributed by atoms with van der Waals surface area (Å²) in [5.74, 6) is 0.0496. The number of nitrogens with zero attached hydrogens (tertiary/aromatic N) is 2. The van der Waals surface area contributed by atoms with Crippen LogP contribution in [0.15, 0.2) is 41.5 Å². The molecule has 19 heavy (non-hydrogen) atoms. The van der Waals surface area contributed by atoms with Crippen LogP contribution in [0.25, 0.3) is 0 Å². The summed E-state index contributed by atoms with van der Waals surface area (Å²) in [7, 11) is 1.62. The first kappa shape index (κ1) is 13.0. The molecule has 98 valence electrons. The zero-order chi connectivity index (χ0) is 13.8. The van der Waals surface area contributed by atoms with Gasteiger partial charge in [-0.25, -0.2) is 4.98 Å². The summed E-state index contributed by atoms with van der Waals surface area (Å²) < 4.78 is 1.39. The normalized spacial score (nSPS) is 10.2. The van der Waals surface area contributed by atoms with E-state index in [-0.39, 0.29) is 11.5 Å². The summed E-state index contributed by atoms with van der Waals surface area (Å²) in [4.78, 5) is 27.4. The van der Waals surface area contributed by atoms with Crippen LogP contribution in [0, 0.1) is 0 Å². The lowest BCUT2D eigenvalue weighted by Gasteiger charge is -2.05. The highest BCUT2D eigenvalue weighted by atomic mass is 16.2. The predicted octanol–water partition coefficient (Wildman–Crippen LogP) is 0.491. The molecule has 0 unspecified atom stereocenters. The highest BCUT2D eigenvalue weighted by molar-refractivity contribution is 6.03. The van der Waals surface area contributed by atoms with Gasteiger partial charge >= 0.3 is 0 Å². The van der Waals surface area contributed by atoms with Crippen LogP contribution in [0.3, 0.4) is 0 Å². The van der Waals surface area contributed by atoms with Gasteiger partial charge in [0.05, 0.1) is 0 Å². The molecule has 0 radical (unpaired) electrons. The molecule has 0 aliphatic carbocycles. The first-order valence-electron chi connectivity index (χ1n) is 5.73. The molecule has 3 N–H and O–H groups in total. The highest BCUT2D eigenvalue weighted by Crippen LogP contribution is 2.06. The molecule has 0 saturated carbocycles. The van der Waals surface area contributed by atoms with Gasteiger partial charge in [0.15, 0.2) is 0 Å². The van der Waals surface area contributed by atoms with Crippen molar-refractivity contribution in [2.24, 2.45) is 12.8 Å². The van der Waals surface area contributed by atoms with E-state index < -0.39 is 0 Å². The third kappa shape index (κ3) is 3.05. The maximum atomic E-state index is 11.9. The van der Waals surface area contributed by atoms with E-state index in [1.807, 2.05) is 0 Å². The minimum Gasteiger partial charge on any atom is -0.326 e. The quantitative estimate of drug-likeness (QED) is 0.838. The Hall–Kier alpha value is -2.47. The Balaban J connectivity index is 2.15. The van der Waals surface area contributed by atoms with Crippen LogP contribution in [0.1, 0.15) is 15.9 Å². The van der Waals surface area contributed by atoms with Gasteiger partial charge in [0.2, 0.25) is 0 Å². The van der Waals surface area contributed by atoms with Gasteiger partial charge in [-0.3, -0.25) is 9.59 Å². The lowest BCUT2D eigenvalue weighted by molar-refractivity contribution is 0.102. The van der Waals surface area contributed by atoms with Crippen molar-refractivity contribution in [1.82, 2.24) is 9.55 Å². The lowest BCUT2D eigenvalue weighted by atomic mass is 10.2. The van der Waals surface area contributed by atoms with Gasteiger partial charge in [0, 0.05) is 37.6 Å². The van der Waals surface area contributed by atoms with Gasteiger partial charge in [0.25, 0.3) is 11.5 Å². The molecule has 0 spiro atoms. The van der Waals surface area contributed by atoms with E-state index in [9.17, 15) is 9.59 Å². The van der Waals surface area contributed by atoms with Crippen molar-refractivity contribution < 1.29 is 4.79 Å². The Bertz CT molecular complexity index is 646. The van der Waals surface area contributed by atoms with Gasteiger partial charge in [-0.05, 0) is 17.7 Å². The van der Waals surface area contributed by atoms with E-state index in [1.165, 1.54) is 10.6 Å². The van der Waals surface area contributed by atoms with Gasteiger partial charge < -0.3 is 15.6 Å². The van der Waals surface area contributed by atoms with Crippen molar-refractivity contribution in [3.8, 4) is 0 Å². The van der Waals surface area contributed by atoms with Crippen LogP contribution < -0.4 is 16.6 Å². The SMILES string of the molecule is Cn1ccc(C(=O)Nc2ccc(CN)cn2)cc1=O.